The molecule has 0 fully saturated rings. The van der Waals surface area contributed by atoms with Gasteiger partial charge in [0.2, 0.25) is 0 Å². The zero-order chi connectivity index (χ0) is 12.3. The van der Waals surface area contributed by atoms with Crippen LogP contribution in [0.2, 0.25) is 0 Å². The number of aryl methyl sites for hydroxylation is 1. The molecule has 0 saturated heterocycles. The van der Waals surface area contributed by atoms with Crippen LogP contribution in [0.3, 0.4) is 0 Å². The van der Waals surface area contributed by atoms with Gasteiger partial charge in [-0.25, -0.2) is 4.68 Å². The van der Waals surface area contributed by atoms with Crippen molar-refractivity contribution >= 4 is 11.7 Å². The fourth-order valence-corrected chi connectivity index (χ4v) is 1.47. The molecule has 0 aliphatic carbocycles. The number of rotatable bonds is 4. The van der Waals surface area contributed by atoms with Gasteiger partial charge in [0.05, 0.1) is 12.8 Å². The Kier molecular flexibility index (Phi) is 3.13. The van der Waals surface area contributed by atoms with Crippen LogP contribution < -0.4 is 11.1 Å². The molecule has 0 atom stereocenters. The van der Waals surface area contributed by atoms with E-state index in [1.54, 1.807) is 29.1 Å². The minimum atomic E-state index is -0.264. The van der Waals surface area contributed by atoms with Crippen molar-refractivity contribution < 1.29 is 9.21 Å². The summed E-state index contributed by atoms with van der Waals surface area (Å²) in [5, 5.41) is 6.78. The first kappa shape index (κ1) is 11.3. The van der Waals surface area contributed by atoms with E-state index in [9.17, 15) is 4.79 Å². The van der Waals surface area contributed by atoms with Crippen LogP contribution in [-0.4, -0.2) is 15.7 Å². The van der Waals surface area contributed by atoms with Crippen molar-refractivity contribution in [1.29, 1.82) is 0 Å². The summed E-state index contributed by atoms with van der Waals surface area (Å²) in [5.41, 5.74) is 6.00. The van der Waals surface area contributed by atoms with E-state index < -0.39 is 0 Å². The predicted octanol–water partition coefficient (Wildman–Crippen LogP) is 1.01. The SMILES string of the molecule is CCn1nc(C(=O)NCc2ccco2)cc1N. The van der Waals surface area contributed by atoms with Gasteiger partial charge >= 0.3 is 0 Å². The van der Waals surface area contributed by atoms with Gasteiger partial charge in [-0.1, -0.05) is 0 Å². The molecule has 0 aromatic carbocycles. The van der Waals surface area contributed by atoms with Crippen LogP contribution in [0.15, 0.2) is 28.9 Å². The van der Waals surface area contributed by atoms with Crippen LogP contribution in [0, 0.1) is 0 Å². The molecule has 3 N–H and O–H groups in total. The summed E-state index contributed by atoms with van der Waals surface area (Å²) < 4.78 is 6.68. The van der Waals surface area contributed by atoms with Crippen LogP contribution in [0.1, 0.15) is 23.2 Å². The van der Waals surface area contributed by atoms with E-state index in [1.165, 1.54) is 0 Å². The number of furan rings is 1. The molecule has 0 unspecified atom stereocenters. The Labute approximate surface area is 98.4 Å². The number of carbonyl (C=O) groups is 1. The van der Waals surface area contributed by atoms with Crippen LogP contribution in [0.5, 0.6) is 0 Å². The monoisotopic (exact) mass is 234 g/mol. The average molecular weight is 234 g/mol. The molecule has 0 aliphatic heterocycles. The first-order valence-electron chi connectivity index (χ1n) is 5.34. The molecule has 6 nitrogen and oxygen atoms in total. The van der Waals surface area contributed by atoms with Gasteiger partial charge in [0.1, 0.15) is 11.6 Å². The van der Waals surface area contributed by atoms with Crippen molar-refractivity contribution in [2.24, 2.45) is 0 Å². The zero-order valence-corrected chi connectivity index (χ0v) is 9.51. The lowest BCUT2D eigenvalue weighted by Gasteiger charge is -1.99. The van der Waals surface area contributed by atoms with Crippen LogP contribution in [0.25, 0.3) is 0 Å². The van der Waals surface area contributed by atoms with Gasteiger partial charge in [-0.2, -0.15) is 5.10 Å². The third-order valence-electron chi connectivity index (χ3n) is 2.35. The fourth-order valence-electron chi connectivity index (χ4n) is 1.47. The highest BCUT2D eigenvalue weighted by Gasteiger charge is 2.12. The van der Waals surface area contributed by atoms with Crippen molar-refractivity contribution in [2.45, 2.75) is 20.0 Å². The van der Waals surface area contributed by atoms with Crippen LogP contribution >= 0.6 is 0 Å². The Hall–Kier alpha value is -2.24. The van der Waals surface area contributed by atoms with Gasteiger partial charge < -0.3 is 15.5 Å². The highest BCUT2D eigenvalue weighted by molar-refractivity contribution is 5.92. The Morgan fingerprint density at radius 2 is 2.47 bits per heavy atom. The molecule has 90 valence electrons. The lowest BCUT2D eigenvalue weighted by molar-refractivity contribution is 0.0942. The molecule has 2 heterocycles. The summed E-state index contributed by atoms with van der Waals surface area (Å²) in [6.07, 6.45) is 1.56. The number of nitrogens with zero attached hydrogens (tertiary/aromatic N) is 2. The van der Waals surface area contributed by atoms with Crippen molar-refractivity contribution in [3.63, 3.8) is 0 Å². The van der Waals surface area contributed by atoms with Crippen molar-refractivity contribution in [3.05, 3.63) is 35.9 Å². The lowest BCUT2D eigenvalue weighted by atomic mass is 10.3. The highest BCUT2D eigenvalue weighted by atomic mass is 16.3. The molecular formula is C11H14N4O2. The van der Waals surface area contributed by atoms with E-state index in [1.807, 2.05) is 6.92 Å². The number of anilines is 1. The van der Waals surface area contributed by atoms with Gasteiger partial charge in [0.25, 0.3) is 5.91 Å². The molecule has 6 heteroatoms. The number of hydrogen-bond donors (Lipinski definition) is 2. The summed E-state index contributed by atoms with van der Waals surface area (Å²) in [7, 11) is 0. The second-order valence-corrected chi connectivity index (χ2v) is 3.53. The van der Waals surface area contributed by atoms with Gasteiger partial charge in [0.15, 0.2) is 5.69 Å². The maximum atomic E-state index is 11.7. The predicted molar refractivity (Wildman–Crippen MR) is 62.2 cm³/mol. The molecule has 2 rings (SSSR count). The molecule has 17 heavy (non-hydrogen) atoms. The average Bonchev–Trinajstić information content (AvgIpc) is 2.94. The second-order valence-electron chi connectivity index (χ2n) is 3.53. The van der Waals surface area contributed by atoms with Gasteiger partial charge in [-0.05, 0) is 19.1 Å². The number of carbonyl (C=O) groups excluding carboxylic acids is 1. The number of amides is 1. The normalized spacial score (nSPS) is 10.4. The summed E-state index contributed by atoms with van der Waals surface area (Å²) >= 11 is 0. The van der Waals surface area contributed by atoms with Crippen molar-refractivity contribution in [3.8, 4) is 0 Å². The number of nitrogens with two attached hydrogens (primary N) is 1. The van der Waals surface area contributed by atoms with Gasteiger partial charge in [-0.15, -0.1) is 0 Å². The first-order valence-corrected chi connectivity index (χ1v) is 5.34. The molecule has 2 aromatic heterocycles. The zero-order valence-electron chi connectivity index (χ0n) is 9.51. The lowest BCUT2D eigenvalue weighted by Crippen LogP contribution is -2.23. The van der Waals surface area contributed by atoms with Crippen molar-refractivity contribution in [2.75, 3.05) is 5.73 Å². The van der Waals surface area contributed by atoms with E-state index in [-0.39, 0.29) is 5.91 Å². The third kappa shape index (κ3) is 2.47. The summed E-state index contributed by atoms with van der Waals surface area (Å²) in [4.78, 5) is 11.7. The van der Waals surface area contributed by atoms with Crippen LogP contribution in [0.4, 0.5) is 5.82 Å². The quantitative estimate of drug-likeness (QED) is 0.826. The Morgan fingerprint density at radius 1 is 1.65 bits per heavy atom. The number of hydrogen-bond acceptors (Lipinski definition) is 4. The third-order valence-corrected chi connectivity index (χ3v) is 2.35. The van der Waals surface area contributed by atoms with E-state index in [4.69, 9.17) is 10.2 Å². The first-order chi connectivity index (χ1) is 8.20. The molecular weight excluding hydrogens is 220 g/mol. The highest BCUT2D eigenvalue weighted by Crippen LogP contribution is 2.06. The molecule has 0 radical (unpaired) electrons. The van der Waals surface area contributed by atoms with Crippen molar-refractivity contribution in [1.82, 2.24) is 15.1 Å². The molecule has 2 aromatic rings. The minimum Gasteiger partial charge on any atom is -0.467 e. The van der Waals surface area contributed by atoms with Crippen LogP contribution in [-0.2, 0) is 13.1 Å². The Balaban J connectivity index is 1.99. The van der Waals surface area contributed by atoms with E-state index >= 15 is 0 Å². The Bertz CT molecular complexity index is 502. The fraction of sp³-hybridized carbons (Fsp3) is 0.273. The summed E-state index contributed by atoms with van der Waals surface area (Å²) in [6, 6.07) is 5.12. The molecule has 0 aliphatic rings. The maximum absolute atomic E-state index is 11.7. The number of aromatic nitrogens is 2. The summed E-state index contributed by atoms with van der Waals surface area (Å²) in [6.45, 7) is 2.88. The van der Waals surface area contributed by atoms with E-state index in [0.717, 1.165) is 0 Å². The molecule has 0 spiro atoms. The molecule has 1 amide bonds. The smallest absolute Gasteiger partial charge is 0.272 e. The number of nitrogens with one attached hydrogen (secondary N) is 1. The maximum Gasteiger partial charge on any atom is 0.272 e. The number of nitrogen functional groups attached to an aromatic ring is 1. The standard InChI is InChI=1S/C11H14N4O2/c1-2-15-10(12)6-9(14-15)11(16)13-7-8-4-3-5-17-8/h3-6H,2,7,12H2,1H3,(H,13,16). The minimum absolute atomic E-state index is 0.264. The van der Waals surface area contributed by atoms with Gasteiger partial charge in [0, 0.05) is 12.6 Å². The second kappa shape index (κ2) is 4.73. The topological polar surface area (TPSA) is 86.1 Å². The molecule has 0 bridgehead atoms. The summed E-state index contributed by atoms with van der Waals surface area (Å²) in [5.74, 6) is 0.914. The largest absolute Gasteiger partial charge is 0.467 e. The van der Waals surface area contributed by atoms with E-state index in [2.05, 4.69) is 10.4 Å². The molecule has 0 saturated carbocycles. The Morgan fingerprint density at radius 3 is 3.06 bits per heavy atom. The van der Waals surface area contributed by atoms with Gasteiger partial charge in [-0.3, -0.25) is 4.79 Å². The van der Waals surface area contributed by atoms with E-state index in [0.29, 0.717) is 30.4 Å².